The van der Waals surface area contributed by atoms with E-state index in [4.69, 9.17) is 5.10 Å². The Morgan fingerprint density at radius 3 is 2.45 bits per heavy atom. The molecule has 0 unspecified atom stereocenters. The number of hydrogen-bond donors (Lipinski definition) is 1. The Hall–Kier alpha value is -3.21. The van der Waals surface area contributed by atoms with E-state index in [0.29, 0.717) is 11.4 Å². The van der Waals surface area contributed by atoms with Crippen molar-refractivity contribution in [2.24, 2.45) is 0 Å². The second-order valence-electron chi connectivity index (χ2n) is 8.02. The van der Waals surface area contributed by atoms with Crippen LogP contribution < -0.4 is 5.32 Å². The summed E-state index contributed by atoms with van der Waals surface area (Å²) in [6.07, 6.45) is 0.137. The Morgan fingerprint density at radius 1 is 1.00 bits per heavy atom. The lowest BCUT2D eigenvalue weighted by atomic mass is 9.85. The quantitative estimate of drug-likeness (QED) is 0.661. The minimum Gasteiger partial charge on any atom is -0.310 e. The monoisotopic (exact) mass is 387 g/mol. The fourth-order valence-electron chi connectivity index (χ4n) is 4.08. The molecule has 1 aliphatic rings. The van der Waals surface area contributed by atoms with Crippen LogP contribution in [0.3, 0.4) is 0 Å². The number of hydrogen-bond acceptors (Lipinski definition) is 3. The van der Waals surface area contributed by atoms with Gasteiger partial charge in [-0.25, -0.2) is 4.68 Å². The maximum atomic E-state index is 13.4. The first-order valence-electron chi connectivity index (χ1n) is 9.84. The van der Waals surface area contributed by atoms with Crippen LogP contribution in [0.1, 0.15) is 56.2 Å². The number of Topliss-reactive ketones (excluding diaryl/α,β-unsaturated/α-hetero) is 1. The van der Waals surface area contributed by atoms with E-state index in [1.165, 1.54) is 0 Å². The molecule has 0 spiro atoms. The number of anilines is 1. The summed E-state index contributed by atoms with van der Waals surface area (Å²) in [5.41, 5.74) is 7.55. The molecule has 1 N–H and O–H groups in total. The van der Waals surface area contributed by atoms with Crippen molar-refractivity contribution in [1.29, 1.82) is 0 Å². The molecule has 1 aromatic heterocycles. The molecule has 5 nitrogen and oxygen atoms in total. The van der Waals surface area contributed by atoms with Crippen LogP contribution in [0.25, 0.3) is 5.69 Å². The number of ketones is 1. The average Bonchev–Trinajstić information content (AvgIpc) is 2.99. The molecule has 1 atom stereocenters. The van der Waals surface area contributed by atoms with Gasteiger partial charge >= 0.3 is 0 Å². The van der Waals surface area contributed by atoms with E-state index in [1.807, 2.05) is 65.0 Å². The van der Waals surface area contributed by atoms with Gasteiger partial charge < -0.3 is 5.32 Å². The molecule has 1 amide bonds. The number of rotatable bonds is 3. The molecule has 0 saturated heterocycles. The highest BCUT2D eigenvalue weighted by Gasteiger charge is 2.36. The number of amides is 1. The van der Waals surface area contributed by atoms with Crippen molar-refractivity contribution in [2.45, 2.75) is 47.0 Å². The molecule has 2 heterocycles. The third-order valence-corrected chi connectivity index (χ3v) is 5.79. The van der Waals surface area contributed by atoms with Crippen LogP contribution in [0.5, 0.6) is 0 Å². The SMILES string of the molecule is Cc1ccc(-n2nc(C)c3c2NC(=O)C[C@H]3C(=O)c2ccc(C)c(C)c2)c(C)c1. The summed E-state index contributed by atoms with van der Waals surface area (Å²) in [6, 6.07) is 11.8. The van der Waals surface area contributed by atoms with Gasteiger partial charge in [-0.05, 0) is 63.4 Å². The van der Waals surface area contributed by atoms with E-state index in [1.54, 1.807) is 4.68 Å². The third kappa shape index (κ3) is 3.27. The fraction of sp³-hybridized carbons (Fsp3) is 0.292. The maximum absolute atomic E-state index is 13.4. The molecule has 4 rings (SSSR count). The molecule has 29 heavy (non-hydrogen) atoms. The van der Waals surface area contributed by atoms with Gasteiger partial charge in [0.25, 0.3) is 0 Å². The Kier molecular flexibility index (Phi) is 4.61. The van der Waals surface area contributed by atoms with Gasteiger partial charge in [-0.3, -0.25) is 9.59 Å². The zero-order chi connectivity index (χ0) is 20.9. The van der Waals surface area contributed by atoms with Crippen LogP contribution in [0.2, 0.25) is 0 Å². The highest BCUT2D eigenvalue weighted by Crippen LogP contribution is 2.38. The third-order valence-electron chi connectivity index (χ3n) is 5.79. The number of aromatic nitrogens is 2. The van der Waals surface area contributed by atoms with Gasteiger partial charge in [0.05, 0.1) is 17.3 Å². The summed E-state index contributed by atoms with van der Waals surface area (Å²) in [5.74, 6) is -0.119. The minimum atomic E-state index is -0.527. The summed E-state index contributed by atoms with van der Waals surface area (Å²) < 4.78 is 1.76. The predicted octanol–water partition coefficient (Wildman–Crippen LogP) is 4.72. The van der Waals surface area contributed by atoms with Crippen LogP contribution in [0.15, 0.2) is 36.4 Å². The van der Waals surface area contributed by atoms with Crippen molar-refractivity contribution in [2.75, 3.05) is 5.32 Å². The summed E-state index contributed by atoms with van der Waals surface area (Å²) in [6.45, 7) is 9.98. The second kappa shape index (κ2) is 6.99. The van der Waals surface area contributed by atoms with E-state index >= 15 is 0 Å². The number of carbonyl (C=O) groups excluding carboxylic acids is 2. The fourth-order valence-corrected chi connectivity index (χ4v) is 4.08. The molecule has 148 valence electrons. The second-order valence-corrected chi connectivity index (χ2v) is 8.02. The number of fused-ring (bicyclic) bond motifs is 1. The normalized spacial score (nSPS) is 15.8. The van der Waals surface area contributed by atoms with Crippen molar-refractivity contribution >= 4 is 17.5 Å². The van der Waals surface area contributed by atoms with Crippen LogP contribution in [-0.2, 0) is 4.79 Å². The molecule has 1 aliphatic heterocycles. The molecule has 0 aliphatic carbocycles. The lowest BCUT2D eigenvalue weighted by molar-refractivity contribution is -0.116. The molecule has 5 heteroatoms. The van der Waals surface area contributed by atoms with Crippen LogP contribution in [0.4, 0.5) is 5.82 Å². The average molecular weight is 387 g/mol. The van der Waals surface area contributed by atoms with Crippen molar-refractivity contribution < 1.29 is 9.59 Å². The summed E-state index contributed by atoms with van der Waals surface area (Å²) in [4.78, 5) is 25.9. The number of benzene rings is 2. The first kappa shape index (κ1) is 19.1. The van der Waals surface area contributed by atoms with Crippen LogP contribution in [0, 0.1) is 34.6 Å². The van der Waals surface area contributed by atoms with Gasteiger partial charge in [-0.15, -0.1) is 0 Å². The zero-order valence-corrected chi connectivity index (χ0v) is 17.5. The van der Waals surface area contributed by atoms with Gasteiger partial charge in [0, 0.05) is 17.5 Å². The number of nitrogens with zero attached hydrogens (tertiary/aromatic N) is 2. The van der Waals surface area contributed by atoms with Gasteiger partial charge in [0.2, 0.25) is 5.91 Å². The van der Waals surface area contributed by atoms with Crippen molar-refractivity contribution in [3.05, 3.63) is 75.5 Å². The largest absolute Gasteiger partial charge is 0.310 e. The van der Waals surface area contributed by atoms with Crippen molar-refractivity contribution in [3.63, 3.8) is 0 Å². The lowest BCUT2D eigenvalue weighted by Gasteiger charge is -2.23. The van der Waals surface area contributed by atoms with Crippen molar-refractivity contribution in [1.82, 2.24) is 9.78 Å². The Bertz CT molecular complexity index is 1160. The molecule has 2 aromatic carbocycles. The summed E-state index contributed by atoms with van der Waals surface area (Å²) in [5, 5.41) is 7.65. The molecule has 0 fully saturated rings. The minimum absolute atomic E-state index is 0.0347. The Labute approximate surface area is 170 Å². The predicted molar refractivity (Wildman–Crippen MR) is 114 cm³/mol. The van der Waals surface area contributed by atoms with E-state index < -0.39 is 5.92 Å². The molecule has 0 saturated carbocycles. The van der Waals surface area contributed by atoms with Gasteiger partial charge in [-0.2, -0.15) is 5.10 Å². The lowest BCUT2D eigenvalue weighted by Crippen LogP contribution is -2.28. The molecule has 0 bridgehead atoms. The molecular formula is C24H25N3O2. The highest BCUT2D eigenvalue weighted by molar-refractivity contribution is 6.08. The highest BCUT2D eigenvalue weighted by atomic mass is 16.2. The Balaban J connectivity index is 1.83. The molecule has 0 radical (unpaired) electrons. The number of nitrogens with one attached hydrogen (secondary N) is 1. The van der Waals surface area contributed by atoms with Crippen molar-refractivity contribution in [3.8, 4) is 5.69 Å². The molecule has 3 aromatic rings. The maximum Gasteiger partial charge on any atom is 0.226 e. The number of aryl methyl sites for hydroxylation is 5. The number of carbonyl (C=O) groups is 2. The van der Waals surface area contributed by atoms with Crippen LogP contribution in [-0.4, -0.2) is 21.5 Å². The summed E-state index contributed by atoms with van der Waals surface area (Å²) in [7, 11) is 0. The van der Waals surface area contributed by atoms with E-state index in [0.717, 1.165) is 39.2 Å². The van der Waals surface area contributed by atoms with Gasteiger partial charge in [0.1, 0.15) is 5.82 Å². The smallest absolute Gasteiger partial charge is 0.226 e. The van der Waals surface area contributed by atoms with E-state index in [2.05, 4.69) is 11.4 Å². The first-order valence-corrected chi connectivity index (χ1v) is 9.84. The standard InChI is InChI=1S/C24H25N3O2/c1-13-6-9-20(16(4)10-13)27-24-22(17(5)26-27)19(12-21(28)25-24)23(29)18-8-7-14(2)15(3)11-18/h6-11,19H,12H2,1-5H3,(H,25,28)/t19-/m1/s1. The first-order chi connectivity index (χ1) is 13.8. The molecular weight excluding hydrogens is 362 g/mol. The van der Waals surface area contributed by atoms with E-state index in [-0.39, 0.29) is 18.1 Å². The topological polar surface area (TPSA) is 64.0 Å². The van der Waals surface area contributed by atoms with Gasteiger partial charge in [0.15, 0.2) is 5.78 Å². The Morgan fingerprint density at radius 2 is 1.76 bits per heavy atom. The zero-order valence-electron chi connectivity index (χ0n) is 17.5. The van der Waals surface area contributed by atoms with Gasteiger partial charge in [-0.1, -0.05) is 29.8 Å². The summed E-state index contributed by atoms with van der Waals surface area (Å²) >= 11 is 0. The van der Waals surface area contributed by atoms with Crippen LogP contribution >= 0.6 is 0 Å². The van der Waals surface area contributed by atoms with E-state index in [9.17, 15) is 9.59 Å².